The molecule has 94 valence electrons. The minimum Gasteiger partial charge on any atom is -0.487 e. The quantitative estimate of drug-likeness (QED) is 0.902. The molecule has 0 amide bonds. The Morgan fingerprint density at radius 3 is 3.11 bits per heavy atom. The molecule has 1 aromatic heterocycles. The second-order valence-corrected chi connectivity index (χ2v) is 4.63. The van der Waals surface area contributed by atoms with Crippen LogP contribution in [-0.4, -0.2) is 10.3 Å². The smallest absolute Gasteiger partial charge is 0.134 e. The predicted molar refractivity (Wildman–Crippen MR) is 65.3 cm³/mol. The third-order valence-corrected chi connectivity index (χ3v) is 3.22. The zero-order valence-electron chi connectivity index (χ0n) is 10.2. The highest BCUT2D eigenvalue weighted by Gasteiger charge is 2.20. The maximum atomic E-state index is 9.72. The van der Waals surface area contributed by atoms with Gasteiger partial charge in [0.25, 0.3) is 0 Å². The normalized spacial score (nSPS) is 17.8. The summed E-state index contributed by atoms with van der Waals surface area (Å²) < 4.78 is 10.6. The molecule has 1 aromatic carbocycles. The van der Waals surface area contributed by atoms with Crippen molar-refractivity contribution in [2.24, 2.45) is 0 Å². The Hall–Kier alpha value is -1.81. The lowest BCUT2D eigenvalue weighted by molar-refractivity contribution is 0.180. The number of ether oxygens (including phenoxy) is 1. The Kier molecular flexibility index (Phi) is 2.80. The van der Waals surface area contributed by atoms with Gasteiger partial charge in [-0.3, -0.25) is 0 Å². The number of rotatable bonds is 3. The first-order chi connectivity index (χ1) is 8.72. The van der Waals surface area contributed by atoms with Crippen LogP contribution in [0.15, 0.2) is 28.8 Å². The third-order valence-electron chi connectivity index (χ3n) is 3.22. The highest BCUT2D eigenvalue weighted by Crippen LogP contribution is 2.33. The van der Waals surface area contributed by atoms with Gasteiger partial charge in [0.2, 0.25) is 0 Å². The summed E-state index contributed by atoms with van der Waals surface area (Å²) in [6, 6.07) is 7.69. The minimum atomic E-state index is -0.313. The SMILES string of the molecule is Cc1cc(COc2ccc3c(c2)CC[C@@H]3O)no1. The van der Waals surface area contributed by atoms with E-state index < -0.39 is 0 Å². The number of aliphatic hydroxyl groups is 1. The van der Waals surface area contributed by atoms with Gasteiger partial charge in [-0.1, -0.05) is 11.2 Å². The summed E-state index contributed by atoms with van der Waals surface area (Å²) in [6.07, 6.45) is 1.41. The molecule has 0 unspecified atom stereocenters. The number of fused-ring (bicyclic) bond motifs is 1. The molecule has 1 aliphatic rings. The predicted octanol–water partition coefficient (Wildman–Crippen LogP) is 2.54. The summed E-state index contributed by atoms with van der Waals surface area (Å²) >= 11 is 0. The average Bonchev–Trinajstić information content (AvgIpc) is 2.94. The molecule has 3 rings (SSSR count). The van der Waals surface area contributed by atoms with Crippen LogP contribution in [0.1, 0.15) is 35.1 Å². The van der Waals surface area contributed by atoms with Gasteiger partial charge >= 0.3 is 0 Å². The standard InChI is InChI=1S/C14H15NO3/c1-9-6-11(15-18-9)8-17-12-3-4-13-10(7-12)2-5-14(13)16/h3-4,6-7,14,16H,2,5,8H2,1H3/t14-/m0/s1. The summed E-state index contributed by atoms with van der Waals surface area (Å²) in [5, 5.41) is 13.6. The minimum absolute atomic E-state index is 0.313. The molecule has 1 heterocycles. The monoisotopic (exact) mass is 245 g/mol. The summed E-state index contributed by atoms with van der Waals surface area (Å²) in [4.78, 5) is 0. The van der Waals surface area contributed by atoms with E-state index in [1.807, 2.05) is 31.2 Å². The van der Waals surface area contributed by atoms with Crippen molar-refractivity contribution < 1.29 is 14.4 Å². The summed E-state index contributed by atoms with van der Waals surface area (Å²) in [6.45, 7) is 2.26. The van der Waals surface area contributed by atoms with Gasteiger partial charge < -0.3 is 14.4 Å². The Morgan fingerprint density at radius 1 is 1.44 bits per heavy atom. The number of aliphatic hydroxyl groups excluding tert-OH is 1. The van der Waals surface area contributed by atoms with Crippen LogP contribution >= 0.6 is 0 Å². The van der Waals surface area contributed by atoms with Crippen LogP contribution < -0.4 is 4.74 Å². The molecule has 2 aromatic rings. The average molecular weight is 245 g/mol. The van der Waals surface area contributed by atoms with Crippen LogP contribution in [0.5, 0.6) is 5.75 Å². The molecule has 1 aliphatic carbocycles. The van der Waals surface area contributed by atoms with Crippen molar-refractivity contribution in [2.75, 3.05) is 0 Å². The van der Waals surface area contributed by atoms with Crippen LogP contribution in [-0.2, 0) is 13.0 Å². The van der Waals surface area contributed by atoms with Crippen molar-refractivity contribution in [3.8, 4) is 5.75 Å². The molecule has 0 aliphatic heterocycles. The van der Waals surface area contributed by atoms with E-state index in [4.69, 9.17) is 9.26 Å². The highest BCUT2D eigenvalue weighted by atomic mass is 16.5. The Balaban J connectivity index is 1.70. The zero-order valence-corrected chi connectivity index (χ0v) is 10.2. The number of benzene rings is 1. The first-order valence-corrected chi connectivity index (χ1v) is 6.08. The van der Waals surface area contributed by atoms with Crippen LogP contribution in [0.25, 0.3) is 0 Å². The molecule has 4 heteroatoms. The summed E-state index contributed by atoms with van der Waals surface area (Å²) in [5.74, 6) is 1.59. The van der Waals surface area contributed by atoms with Gasteiger partial charge in [-0.25, -0.2) is 0 Å². The molecule has 0 spiro atoms. The van der Waals surface area contributed by atoms with E-state index in [0.717, 1.165) is 35.6 Å². The van der Waals surface area contributed by atoms with E-state index in [1.165, 1.54) is 5.56 Å². The van der Waals surface area contributed by atoms with Crippen molar-refractivity contribution in [1.29, 1.82) is 0 Å². The summed E-state index contributed by atoms with van der Waals surface area (Å²) in [7, 11) is 0. The van der Waals surface area contributed by atoms with Crippen LogP contribution in [0, 0.1) is 6.92 Å². The van der Waals surface area contributed by atoms with Gasteiger partial charge in [-0.2, -0.15) is 0 Å². The molecule has 0 saturated carbocycles. The molecule has 1 atom stereocenters. The molecule has 18 heavy (non-hydrogen) atoms. The third kappa shape index (κ3) is 2.11. The second-order valence-electron chi connectivity index (χ2n) is 4.63. The van der Waals surface area contributed by atoms with Crippen molar-refractivity contribution in [3.05, 3.63) is 46.8 Å². The first-order valence-electron chi connectivity index (χ1n) is 6.08. The number of hydrogen-bond acceptors (Lipinski definition) is 4. The van der Waals surface area contributed by atoms with Gasteiger partial charge in [0.1, 0.15) is 23.8 Å². The second kappa shape index (κ2) is 4.46. The van der Waals surface area contributed by atoms with Gasteiger partial charge in [0.15, 0.2) is 0 Å². The van der Waals surface area contributed by atoms with E-state index in [-0.39, 0.29) is 6.10 Å². The van der Waals surface area contributed by atoms with Gasteiger partial charge in [-0.05, 0) is 43.0 Å². The molecule has 0 saturated heterocycles. The van der Waals surface area contributed by atoms with Crippen LogP contribution in [0.4, 0.5) is 0 Å². The Bertz CT molecular complexity index is 562. The largest absolute Gasteiger partial charge is 0.487 e. The van der Waals surface area contributed by atoms with Crippen molar-refractivity contribution in [2.45, 2.75) is 32.5 Å². The first kappa shape index (κ1) is 11.3. The molecular weight excluding hydrogens is 230 g/mol. The highest BCUT2D eigenvalue weighted by molar-refractivity contribution is 5.39. The Labute approximate surface area is 105 Å². The fraction of sp³-hybridized carbons (Fsp3) is 0.357. The lowest BCUT2D eigenvalue weighted by Crippen LogP contribution is -1.97. The van der Waals surface area contributed by atoms with Crippen molar-refractivity contribution in [3.63, 3.8) is 0 Å². The fourth-order valence-electron chi connectivity index (χ4n) is 2.30. The molecule has 0 fully saturated rings. The Morgan fingerprint density at radius 2 is 2.33 bits per heavy atom. The van der Waals surface area contributed by atoms with Crippen LogP contribution in [0.3, 0.4) is 0 Å². The zero-order chi connectivity index (χ0) is 12.5. The van der Waals surface area contributed by atoms with Crippen molar-refractivity contribution >= 4 is 0 Å². The molecule has 0 bridgehead atoms. The van der Waals surface area contributed by atoms with Crippen molar-refractivity contribution in [1.82, 2.24) is 5.16 Å². The topological polar surface area (TPSA) is 55.5 Å². The van der Waals surface area contributed by atoms with Crippen LogP contribution in [0.2, 0.25) is 0 Å². The maximum absolute atomic E-state index is 9.72. The van der Waals surface area contributed by atoms with E-state index >= 15 is 0 Å². The number of nitrogens with zero attached hydrogens (tertiary/aromatic N) is 1. The number of aromatic nitrogens is 1. The van der Waals surface area contributed by atoms with E-state index in [9.17, 15) is 5.11 Å². The van der Waals surface area contributed by atoms with E-state index in [0.29, 0.717) is 6.61 Å². The molecule has 0 radical (unpaired) electrons. The lowest BCUT2D eigenvalue weighted by atomic mass is 10.1. The van der Waals surface area contributed by atoms with E-state index in [2.05, 4.69) is 5.16 Å². The van der Waals surface area contributed by atoms with Gasteiger partial charge in [0.05, 0.1) is 6.10 Å². The maximum Gasteiger partial charge on any atom is 0.134 e. The number of aryl methyl sites for hydroxylation is 2. The summed E-state index contributed by atoms with van der Waals surface area (Å²) in [5.41, 5.74) is 2.99. The fourth-order valence-corrected chi connectivity index (χ4v) is 2.30. The lowest BCUT2D eigenvalue weighted by Gasteiger charge is -2.07. The molecular formula is C14H15NO3. The van der Waals surface area contributed by atoms with E-state index in [1.54, 1.807) is 0 Å². The van der Waals surface area contributed by atoms with Gasteiger partial charge in [-0.15, -0.1) is 0 Å². The number of hydrogen-bond donors (Lipinski definition) is 1. The van der Waals surface area contributed by atoms with Gasteiger partial charge in [0, 0.05) is 6.07 Å². The molecule has 1 N–H and O–H groups in total. The molecule has 4 nitrogen and oxygen atoms in total.